The van der Waals surface area contributed by atoms with Crippen LogP contribution in [0, 0.1) is 5.82 Å². The third-order valence-electron chi connectivity index (χ3n) is 2.48. The Labute approximate surface area is 110 Å². The van der Waals surface area contributed by atoms with E-state index in [0.29, 0.717) is 30.5 Å². The van der Waals surface area contributed by atoms with Crippen LogP contribution in [0.25, 0.3) is 0 Å². The molecule has 0 radical (unpaired) electrons. The van der Waals surface area contributed by atoms with E-state index in [1.54, 1.807) is 6.07 Å². The molecule has 2 rings (SSSR count). The third kappa shape index (κ3) is 3.31. The fourth-order valence-corrected chi connectivity index (χ4v) is 1.60. The number of nitrogen functional groups attached to an aromatic ring is 1. The van der Waals surface area contributed by atoms with Crippen molar-refractivity contribution in [3.05, 3.63) is 42.0 Å². The van der Waals surface area contributed by atoms with Crippen molar-refractivity contribution in [2.75, 3.05) is 17.7 Å². The molecule has 1 aromatic carbocycles. The highest BCUT2D eigenvalue weighted by atomic mass is 19.1. The number of hydrogen-bond acceptors (Lipinski definition) is 5. The largest absolute Gasteiger partial charge is 0.476 e. The molecule has 0 bridgehead atoms. The number of rotatable bonds is 5. The average molecular weight is 262 g/mol. The van der Waals surface area contributed by atoms with Gasteiger partial charge in [-0.05, 0) is 24.6 Å². The van der Waals surface area contributed by atoms with Gasteiger partial charge < -0.3 is 15.8 Å². The topological polar surface area (TPSA) is 73.1 Å². The predicted octanol–water partition coefficient (Wildman–Crippen LogP) is 2.21. The number of anilines is 2. The number of nitrogens with two attached hydrogens (primary N) is 1. The summed E-state index contributed by atoms with van der Waals surface area (Å²) in [6.07, 6.45) is 1.37. The zero-order valence-electron chi connectivity index (χ0n) is 10.6. The second kappa shape index (κ2) is 5.99. The van der Waals surface area contributed by atoms with E-state index in [1.807, 2.05) is 13.0 Å². The minimum absolute atomic E-state index is 0.273. The summed E-state index contributed by atoms with van der Waals surface area (Å²) < 4.78 is 18.3. The Morgan fingerprint density at radius 3 is 2.95 bits per heavy atom. The molecule has 0 aliphatic carbocycles. The van der Waals surface area contributed by atoms with Crippen LogP contribution in [0.4, 0.5) is 15.9 Å². The van der Waals surface area contributed by atoms with Gasteiger partial charge in [0.05, 0.1) is 6.61 Å². The van der Waals surface area contributed by atoms with Crippen LogP contribution in [0.15, 0.2) is 30.6 Å². The maximum absolute atomic E-state index is 13.0. The zero-order chi connectivity index (χ0) is 13.7. The van der Waals surface area contributed by atoms with Crippen LogP contribution in [0.2, 0.25) is 0 Å². The Hall–Kier alpha value is -2.37. The van der Waals surface area contributed by atoms with Crippen molar-refractivity contribution in [3.63, 3.8) is 0 Å². The Balaban J connectivity index is 2.09. The lowest BCUT2D eigenvalue weighted by Crippen LogP contribution is -2.08. The van der Waals surface area contributed by atoms with Gasteiger partial charge in [-0.15, -0.1) is 0 Å². The number of halogens is 1. The number of hydrogen-bond donors (Lipinski definition) is 2. The monoisotopic (exact) mass is 262 g/mol. The van der Waals surface area contributed by atoms with Crippen LogP contribution in [0.1, 0.15) is 12.5 Å². The first kappa shape index (κ1) is 13.1. The van der Waals surface area contributed by atoms with Gasteiger partial charge in [0, 0.05) is 6.54 Å². The number of nitrogens with one attached hydrogen (secondary N) is 1. The first-order valence-corrected chi connectivity index (χ1v) is 5.92. The first-order chi connectivity index (χ1) is 9.20. The molecule has 0 atom stereocenters. The van der Waals surface area contributed by atoms with E-state index in [2.05, 4.69) is 15.3 Å². The summed E-state index contributed by atoms with van der Waals surface area (Å²) >= 11 is 0. The normalized spacial score (nSPS) is 10.2. The van der Waals surface area contributed by atoms with Gasteiger partial charge in [-0.3, -0.25) is 0 Å². The van der Waals surface area contributed by atoms with Gasteiger partial charge in [-0.1, -0.05) is 12.1 Å². The van der Waals surface area contributed by atoms with Crippen LogP contribution in [0.5, 0.6) is 5.88 Å². The molecule has 19 heavy (non-hydrogen) atoms. The molecule has 0 aliphatic rings. The SMILES string of the molecule is CCOc1ncnc(NCc2cccc(F)c2)c1N. The van der Waals surface area contributed by atoms with Crippen molar-refractivity contribution in [1.82, 2.24) is 9.97 Å². The quantitative estimate of drug-likeness (QED) is 0.864. The Morgan fingerprint density at radius 1 is 1.37 bits per heavy atom. The second-order valence-corrected chi connectivity index (χ2v) is 3.86. The Bertz CT molecular complexity index is 562. The van der Waals surface area contributed by atoms with Gasteiger partial charge in [0.2, 0.25) is 5.88 Å². The molecule has 0 aliphatic heterocycles. The van der Waals surface area contributed by atoms with Crippen molar-refractivity contribution in [1.29, 1.82) is 0 Å². The van der Waals surface area contributed by atoms with Crippen molar-refractivity contribution < 1.29 is 9.13 Å². The molecule has 5 nitrogen and oxygen atoms in total. The molecule has 3 N–H and O–H groups in total. The van der Waals surface area contributed by atoms with Crippen LogP contribution in [0.3, 0.4) is 0 Å². The van der Waals surface area contributed by atoms with Crippen molar-refractivity contribution in [2.24, 2.45) is 0 Å². The highest BCUT2D eigenvalue weighted by Gasteiger charge is 2.08. The summed E-state index contributed by atoms with van der Waals surface area (Å²) in [4.78, 5) is 7.98. The lowest BCUT2D eigenvalue weighted by atomic mass is 10.2. The Kier molecular flexibility index (Phi) is 4.12. The summed E-state index contributed by atoms with van der Waals surface area (Å²) in [6, 6.07) is 6.32. The van der Waals surface area contributed by atoms with E-state index < -0.39 is 0 Å². The zero-order valence-corrected chi connectivity index (χ0v) is 10.6. The van der Waals surface area contributed by atoms with Gasteiger partial charge in [0.1, 0.15) is 17.8 Å². The van der Waals surface area contributed by atoms with Crippen molar-refractivity contribution >= 4 is 11.5 Å². The number of ether oxygens (including phenoxy) is 1. The molecule has 0 saturated carbocycles. The summed E-state index contributed by atoms with van der Waals surface area (Å²) in [7, 11) is 0. The minimum Gasteiger partial charge on any atom is -0.476 e. The summed E-state index contributed by atoms with van der Waals surface area (Å²) in [5.41, 5.74) is 7.03. The van der Waals surface area contributed by atoms with E-state index in [0.717, 1.165) is 5.56 Å². The highest BCUT2D eigenvalue weighted by Crippen LogP contribution is 2.24. The van der Waals surface area contributed by atoms with Crippen LogP contribution < -0.4 is 15.8 Å². The van der Waals surface area contributed by atoms with E-state index in [1.165, 1.54) is 18.5 Å². The second-order valence-electron chi connectivity index (χ2n) is 3.86. The number of benzene rings is 1. The Morgan fingerprint density at radius 2 is 2.21 bits per heavy atom. The fourth-order valence-electron chi connectivity index (χ4n) is 1.60. The molecular formula is C13H15FN4O. The van der Waals surface area contributed by atoms with E-state index in [-0.39, 0.29) is 5.82 Å². The van der Waals surface area contributed by atoms with Crippen LogP contribution in [-0.2, 0) is 6.54 Å². The van der Waals surface area contributed by atoms with Crippen molar-refractivity contribution in [3.8, 4) is 5.88 Å². The van der Waals surface area contributed by atoms with Gasteiger partial charge in [-0.2, -0.15) is 4.98 Å². The van der Waals surface area contributed by atoms with E-state index in [9.17, 15) is 4.39 Å². The van der Waals surface area contributed by atoms with Crippen LogP contribution >= 0.6 is 0 Å². The van der Waals surface area contributed by atoms with Gasteiger partial charge in [0.15, 0.2) is 5.82 Å². The van der Waals surface area contributed by atoms with Gasteiger partial charge >= 0.3 is 0 Å². The summed E-state index contributed by atoms with van der Waals surface area (Å²) in [5, 5.41) is 3.03. The molecule has 6 heteroatoms. The summed E-state index contributed by atoms with van der Waals surface area (Å²) in [6.45, 7) is 2.75. The average Bonchev–Trinajstić information content (AvgIpc) is 2.40. The predicted molar refractivity (Wildman–Crippen MR) is 71.3 cm³/mol. The number of aromatic nitrogens is 2. The first-order valence-electron chi connectivity index (χ1n) is 5.92. The lowest BCUT2D eigenvalue weighted by Gasteiger charge is -2.11. The molecule has 0 fully saturated rings. The maximum Gasteiger partial charge on any atom is 0.242 e. The summed E-state index contributed by atoms with van der Waals surface area (Å²) in [5.74, 6) is 0.548. The third-order valence-corrected chi connectivity index (χ3v) is 2.48. The molecule has 1 aromatic heterocycles. The molecule has 100 valence electrons. The fraction of sp³-hybridized carbons (Fsp3) is 0.231. The number of nitrogens with zero attached hydrogens (tertiary/aromatic N) is 2. The molecule has 0 amide bonds. The smallest absolute Gasteiger partial charge is 0.242 e. The van der Waals surface area contributed by atoms with Gasteiger partial charge in [-0.25, -0.2) is 9.37 Å². The molecule has 1 heterocycles. The molecule has 0 saturated heterocycles. The molecule has 0 spiro atoms. The standard InChI is InChI=1S/C13H15FN4O/c1-2-19-13-11(15)12(17-8-18-13)16-7-9-4-3-5-10(14)6-9/h3-6,8H,2,7,15H2,1H3,(H,16,17,18). The molecule has 0 unspecified atom stereocenters. The minimum atomic E-state index is -0.273. The van der Waals surface area contributed by atoms with Gasteiger partial charge in [0.25, 0.3) is 0 Å². The van der Waals surface area contributed by atoms with E-state index >= 15 is 0 Å². The highest BCUT2D eigenvalue weighted by molar-refractivity contribution is 5.66. The van der Waals surface area contributed by atoms with E-state index in [4.69, 9.17) is 10.5 Å². The lowest BCUT2D eigenvalue weighted by molar-refractivity contribution is 0.328. The van der Waals surface area contributed by atoms with Crippen LogP contribution in [-0.4, -0.2) is 16.6 Å². The van der Waals surface area contributed by atoms with Crippen molar-refractivity contribution in [2.45, 2.75) is 13.5 Å². The molecule has 2 aromatic rings. The molecular weight excluding hydrogens is 247 g/mol. The maximum atomic E-state index is 13.0.